The predicted octanol–water partition coefficient (Wildman–Crippen LogP) is 2.72. The van der Waals surface area contributed by atoms with E-state index in [9.17, 15) is 9.90 Å². The summed E-state index contributed by atoms with van der Waals surface area (Å²) in [4.78, 5) is 14.5. The van der Waals surface area contributed by atoms with E-state index in [0.717, 1.165) is 17.5 Å². The number of nitriles is 1. The summed E-state index contributed by atoms with van der Waals surface area (Å²) in [5, 5.41) is 21.8. The number of hydrogen-bond acceptors (Lipinski definition) is 4. The molecule has 1 amide bonds. The molecule has 0 saturated carbocycles. The Bertz CT molecular complexity index is 795. The van der Waals surface area contributed by atoms with Crippen molar-refractivity contribution in [2.45, 2.75) is 32.0 Å². The number of nitrogens with zero attached hydrogens (tertiary/aromatic N) is 2. The molecule has 0 bridgehead atoms. The Hall–Kier alpha value is -2.84. The molecule has 0 aliphatic carbocycles. The minimum absolute atomic E-state index is 0.0177. The van der Waals surface area contributed by atoms with E-state index in [0.29, 0.717) is 18.7 Å². The van der Waals surface area contributed by atoms with Gasteiger partial charge in [-0.15, -0.1) is 0 Å². The first kappa shape index (κ1) is 17.0. The molecule has 0 unspecified atom stereocenters. The molecule has 1 aliphatic heterocycles. The summed E-state index contributed by atoms with van der Waals surface area (Å²) in [5.74, 6) is 0.322. The quantitative estimate of drug-likeness (QED) is 0.881. The Morgan fingerprint density at radius 1 is 1.32 bits per heavy atom. The van der Waals surface area contributed by atoms with Crippen LogP contribution < -0.4 is 5.32 Å². The Labute approximate surface area is 147 Å². The predicted molar refractivity (Wildman–Crippen MR) is 94.6 cm³/mol. The van der Waals surface area contributed by atoms with Gasteiger partial charge in [-0.2, -0.15) is 5.26 Å². The fourth-order valence-electron chi connectivity index (χ4n) is 3.15. The van der Waals surface area contributed by atoms with Crippen LogP contribution in [0.5, 0.6) is 5.75 Å². The molecule has 1 saturated heterocycles. The number of carbonyl (C=O) groups is 1. The van der Waals surface area contributed by atoms with Gasteiger partial charge in [-0.1, -0.05) is 24.3 Å². The summed E-state index contributed by atoms with van der Waals surface area (Å²) in [6.07, 6.45) is 0.762. The number of phenolic OH excluding ortho intramolecular Hbond substituents is 1. The summed E-state index contributed by atoms with van der Waals surface area (Å²) >= 11 is 0. The van der Waals surface area contributed by atoms with Crippen molar-refractivity contribution in [2.24, 2.45) is 0 Å². The minimum Gasteiger partial charge on any atom is -0.508 e. The van der Waals surface area contributed by atoms with Gasteiger partial charge >= 0.3 is 0 Å². The second kappa shape index (κ2) is 7.37. The highest BCUT2D eigenvalue weighted by Crippen LogP contribution is 2.22. The van der Waals surface area contributed by atoms with E-state index in [1.165, 1.54) is 0 Å². The second-order valence-corrected chi connectivity index (χ2v) is 6.39. The topological polar surface area (TPSA) is 76.4 Å². The van der Waals surface area contributed by atoms with Crippen molar-refractivity contribution in [1.29, 1.82) is 5.26 Å². The van der Waals surface area contributed by atoms with Crippen molar-refractivity contribution in [1.82, 2.24) is 10.2 Å². The molecule has 3 rings (SSSR count). The van der Waals surface area contributed by atoms with Crippen LogP contribution in [-0.2, 0) is 11.3 Å². The fraction of sp³-hybridized carbons (Fsp3) is 0.300. The van der Waals surface area contributed by atoms with Crippen LogP contribution in [0, 0.1) is 11.3 Å². The van der Waals surface area contributed by atoms with Crippen LogP contribution in [0.15, 0.2) is 48.5 Å². The molecule has 2 atom stereocenters. The lowest BCUT2D eigenvalue weighted by molar-refractivity contribution is -0.130. The third-order valence-electron chi connectivity index (χ3n) is 4.58. The number of likely N-dealkylation sites (tertiary alicyclic amines) is 1. The van der Waals surface area contributed by atoms with Gasteiger partial charge in [0.1, 0.15) is 5.75 Å². The summed E-state index contributed by atoms with van der Waals surface area (Å²) in [5.41, 5.74) is 2.60. The van der Waals surface area contributed by atoms with E-state index in [-0.39, 0.29) is 23.7 Å². The van der Waals surface area contributed by atoms with E-state index in [4.69, 9.17) is 5.26 Å². The molecule has 1 heterocycles. The molecule has 2 aromatic rings. The normalized spacial score (nSPS) is 18.2. The van der Waals surface area contributed by atoms with Gasteiger partial charge in [0, 0.05) is 19.1 Å². The lowest BCUT2D eigenvalue weighted by Gasteiger charge is -2.20. The van der Waals surface area contributed by atoms with Crippen molar-refractivity contribution in [3.8, 4) is 11.8 Å². The molecular weight excluding hydrogens is 314 g/mol. The van der Waals surface area contributed by atoms with Gasteiger partial charge in [0.05, 0.1) is 17.7 Å². The van der Waals surface area contributed by atoms with Crippen LogP contribution in [0.4, 0.5) is 0 Å². The molecule has 2 aromatic carbocycles. The number of amides is 1. The number of hydrogen-bond donors (Lipinski definition) is 2. The van der Waals surface area contributed by atoms with E-state index >= 15 is 0 Å². The van der Waals surface area contributed by atoms with Gasteiger partial charge in [-0.05, 0) is 48.7 Å². The smallest absolute Gasteiger partial charge is 0.240 e. The Morgan fingerprint density at radius 3 is 2.76 bits per heavy atom. The zero-order valence-electron chi connectivity index (χ0n) is 14.1. The highest BCUT2D eigenvalue weighted by Gasteiger charge is 2.32. The average Bonchev–Trinajstić information content (AvgIpc) is 2.96. The molecule has 25 heavy (non-hydrogen) atoms. The molecular formula is C20H21N3O2. The van der Waals surface area contributed by atoms with Crippen molar-refractivity contribution >= 4 is 5.91 Å². The molecule has 5 nitrogen and oxygen atoms in total. The van der Waals surface area contributed by atoms with Gasteiger partial charge in [-0.25, -0.2) is 0 Å². The zero-order valence-corrected chi connectivity index (χ0v) is 14.1. The lowest BCUT2D eigenvalue weighted by Crippen LogP contribution is -2.39. The number of nitrogens with one attached hydrogen (secondary N) is 1. The van der Waals surface area contributed by atoms with Gasteiger partial charge in [0.2, 0.25) is 5.91 Å². The molecule has 0 spiro atoms. The maximum atomic E-state index is 12.6. The molecule has 0 radical (unpaired) electrons. The van der Waals surface area contributed by atoms with Crippen LogP contribution in [0.1, 0.15) is 36.1 Å². The number of benzene rings is 2. The van der Waals surface area contributed by atoms with Crippen LogP contribution >= 0.6 is 0 Å². The van der Waals surface area contributed by atoms with Gasteiger partial charge in [0.25, 0.3) is 0 Å². The van der Waals surface area contributed by atoms with Crippen molar-refractivity contribution in [2.75, 3.05) is 6.54 Å². The molecule has 5 heteroatoms. The maximum Gasteiger partial charge on any atom is 0.240 e. The molecule has 1 fully saturated rings. The number of phenols is 1. The van der Waals surface area contributed by atoms with Gasteiger partial charge < -0.3 is 10.0 Å². The van der Waals surface area contributed by atoms with E-state index in [1.54, 1.807) is 30.3 Å². The Morgan fingerprint density at radius 2 is 2.08 bits per heavy atom. The SMILES string of the molecule is C[C@H](N[C@H]1CCN(Cc2ccc(C#N)cc2)C1=O)c1cccc(O)c1. The standard InChI is InChI=1S/C20H21N3O2/c1-14(17-3-2-4-18(24)11-17)22-19-9-10-23(20(19)25)13-16-7-5-15(12-21)6-8-16/h2-8,11,14,19,22,24H,9-10,13H2,1H3/t14-,19-/m0/s1. The molecule has 2 N–H and O–H groups in total. The van der Waals surface area contributed by atoms with E-state index in [1.807, 2.05) is 30.0 Å². The number of rotatable bonds is 5. The summed E-state index contributed by atoms with van der Waals surface area (Å²) < 4.78 is 0. The Kier molecular flexibility index (Phi) is 5.01. The zero-order chi connectivity index (χ0) is 17.8. The van der Waals surface area contributed by atoms with Crippen LogP contribution in [0.2, 0.25) is 0 Å². The highest BCUT2D eigenvalue weighted by atomic mass is 16.3. The van der Waals surface area contributed by atoms with E-state index < -0.39 is 0 Å². The highest BCUT2D eigenvalue weighted by molar-refractivity contribution is 5.84. The van der Waals surface area contributed by atoms with Crippen molar-refractivity contribution in [3.63, 3.8) is 0 Å². The maximum absolute atomic E-state index is 12.6. The first-order valence-corrected chi connectivity index (χ1v) is 8.39. The summed E-state index contributed by atoms with van der Waals surface area (Å²) in [7, 11) is 0. The first-order valence-electron chi connectivity index (χ1n) is 8.39. The minimum atomic E-state index is -0.212. The van der Waals surface area contributed by atoms with Gasteiger partial charge in [-0.3, -0.25) is 10.1 Å². The summed E-state index contributed by atoms with van der Waals surface area (Å²) in [6.45, 7) is 3.26. The lowest BCUT2D eigenvalue weighted by atomic mass is 10.1. The third kappa shape index (κ3) is 3.98. The largest absolute Gasteiger partial charge is 0.508 e. The van der Waals surface area contributed by atoms with Crippen LogP contribution in [0.3, 0.4) is 0 Å². The monoisotopic (exact) mass is 335 g/mol. The average molecular weight is 335 g/mol. The van der Waals surface area contributed by atoms with Crippen LogP contribution in [-0.4, -0.2) is 28.5 Å². The van der Waals surface area contributed by atoms with Crippen molar-refractivity contribution < 1.29 is 9.90 Å². The summed E-state index contributed by atoms with van der Waals surface area (Å²) in [6, 6.07) is 16.3. The van der Waals surface area contributed by atoms with Crippen LogP contribution in [0.25, 0.3) is 0 Å². The van der Waals surface area contributed by atoms with Crippen molar-refractivity contribution in [3.05, 3.63) is 65.2 Å². The van der Waals surface area contributed by atoms with E-state index in [2.05, 4.69) is 11.4 Å². The molecule has 128 valence electrons. The number of aromatic hydroxyl groups is 1. The molecule has 0 aromatic heterocycles. The van der Waals surface area contributed by atoms with Gasteiger partial charge in [0.15, 0.2) is 0 Å². The second-order valence-electron chi connectivity index (χ2n) is 6.39. The molecule has 1 aliphatic rings. The fourth-order valence-corrected chi connectivity index (χ4v) is 3.15. The first-order chi connectivity index (χ1) is 12.1. The number of carbonyl (C=O) groups excluding carboxylic acids is 1. The Balaban J connectivity index is 1.60. The third-order valence-corrected chi connectivity index (χ3v) is 4.58.